The van der Waals surface area contributed by atoms with Gasteiger partial charge >= 0.3 is 23.9 Å². The summed E-state index contributed by atoms with van der Waals surface area (Å²) in [4.78, 5) is 52.6. The Morgan fingerprint density at radius 2 is 1.53 bits per heavy atom. The summed E-state index contributed by atoms with van der Waals surface area (Å²) in [7, 11) is 0. The Kier molecular flexibility index (Phi) is 5.17. The summed E-state index contributed by atoms with van der Waals surface area (Å²) < 4.78 is 3.93. The highest BCUT2D eigenvalue weighted by Crippen LogP contribution is 2.41. The van der Waals surface area contributed by atoms with Gasteiger partial charge < -0.3 is 20.1 Å². The van der Waals surface area contributed by atoms with Crippen molar-refractivity contribution >= 4 is 29.8 Å². The fourth-order valence-electron chi connectivity index (χ4n) is 1.56. The lowest BCUT2D eigenvalue weighted by Crippen LogP contribution is -2.63. The second-order valence-corrected chi connectivity index (χ2v) is 3.61. The van der Waals surface area contributed by atoms with Gasteiger partial charge in [-0.2, -0.15) is 0 Å². The summed E-state index contributed by atoms with van der Waals surface area (Å²) in [5.41, 5.74) is -2.55. The van der Waals surface area contributed by atoms with E-state index in [0.29, 0.717) is 0 Å². The van der Waals surface area contributed by atoms with Crippen LogP contribution in [0.3, 0.4) is 0 Å². The Morgan fingerprint density at radius 3 is 1.63 bits per heavy atom. The van der Waals surface area contributed by atoms with Crippen molar-refractivity contribution in [3.63, 3.8) is 0 Å². The normalized spacial score (nSPS) is 17.2. The zero-order valence-corrected chi connectivity index (χ0v) is 10.1. The van der Waals surface area contributed by atoms with Gasteiger partial charge in [0.15, 0.2) is 0 Å². The van der Waals surface area contributed by atoms with E-state index >= 15 is 0 Å². The molecule has 0 aromatic rings. The van der Waals surface area contributed by atoms with E-state index in [0.717, 1.165) is 6.92 Å². The molecule has 0 aromatic carbocycles. The Labute approximate surface area is 106 Å². The second-order valence-electron chi connectivity index (χ2n) is 3.61. The van der Waals surface area contributed by atoms with Gasteiger partial charge in [0.2, 0.25) is 0 Å². The van der Waals surface area contributed by atoms with Gasteiger partial charge in [-0.3, -0.25) is 14.4 Å². The van der Waals surface area contributed by atoms with Crippen molar-refractivity contribution in [3.05, 3.63) is 0 Å². The molecule has 9 heteroatoms. The summed E-state index contributed by atoms with van der Waals surface area (Å²) in [6.45, 7) is 2.46. The molecule has 1 saturated heterocycles. The quantitative estimate of drug-likeness (QED) is 0.448. The van der Waals surface area contributed by atoms with E-state index in [2.05, 4.69) is 4.74 Å². The summed E-state index contributed by atoms with van der Waals surface area (Å²) in [5.74, 6) is -8.34. The van der Waals surface area contributed by atoms with Crippen LogP contribution in [0.2, 0.25) is 0 Å². The maximum Gasteiger partial charge on any atom is 0.343 e. The Morgan fingerprint density at radius 1 is 1.16 bits per heavy atom. The number of carboxylic acids is 3. The minimum atomic E-state index is -2.55. The molecule has 1 heterocycles. The number of hydrogen-bond donors (Lipinski definition) is 3. The van der Waals surface area contributed by atoms with E-state index in [4.69, 9.17) is 20.1 Å². The van der Waals surface area contributed by atoms with Crippen LogP contribution in [0, 0.1) is 11.3 Å². The molecule has 1 rings (SSSR count). The predicted molar refractivity (Wildman–Crippen MR) is 55.9 cm³/mol. The summed E-state index contributed by atoms with van der Waals surface area (Å²) >= 11 is 0. The van der Waals surface area contributed by atoms with Crippen LogP contribution >= 0.6 is 0 Å². The van der Waals surface area contributed by atoms with Crippen molar-refractivity contribution in [1.29, 1.82) is 0 Å². The Bertz CT molecular complexity index is 405. The van der Waals surface area contributed by atoms with Crippen LogP contribution in [-0.2, 0) is 28.7 Å². The van der Waals surface area contributed by atoms with Gasteiger partial charge in [0, 0.05) is 6.92 Å². The highest BCUT2D eigenvalue weighted by atomic mass is 16.6. The molecule has 19 heavy (non-hydrogen) atoms. The van der Waals surface area contributed by atoms with E-state index in [1.54, 1.807) is 0 Å². The van der Waals surface area contributed by atoms with Gasteiger partial charge in [0.25, 0.3) is 11.4 Å². The fraction of sp³-hybridized carbons (Fsp3) is 0.500. The summed E-state index contributed by atoms with van der Waals surface area (Å²) in [5, 5.41) is 24.9. The molecule has 0 amide bonds. The highest BCUT2D eigenvalue weighted by Gasteiger charge is 2.71. The van der Waals surface area contributed by atoms with Gasteiger partial charge in [-0.15, -0.1) is 0 Å². The number of ether oxygens (including phenoxy) is 1. The van der Waals surface area contributed by atoms with Crippen LogP contribution in [0.1, 0.15) is 20.3 Å². The van der Waals surface area contributed by atoms with E-state index in [1.807, 2.05) is 0 Å². The molecule has 0 radical (unpaired) electrons. The SMILES string of the molecule is CC(=O)O.CCC(C(=O)O)C1(C(=O)O)C(=O)OC1=O. The monoisotopic (exact) mass is 276 g/mol. The minimum Gasteiger partial charge on any atom is -0.481 e. The van der Waals surface area contributed by atoms with Gasteiger partial charge in [-0.05, 0) is 6.42 Å². The molecule has 1 fully saturated rings. The molecule has 0 saturated carbocycles. The zero-order chi connectivity index (χ0) is 15.4. The number of aliphatic carboxylic acids is 3. The van der Waals surface area contributed by atoms with Gasteiger partial charge in [0.1, 0.15) is 0 Å². The van der Waals surface area contributed by atoms with E-state index < -0.39 is 41.2 Å². The topological polar surface area (TPSA) is 155 Å². The number of carboxylic acid groups (broad SMARTS) is 3. The van der Waals surface area contributed by atoms with E-state index in [-0.39, 0.29) is 6.42 Å². The number of esters is 2. The molecule has 9 nitrogen and oxygen atoms in total. The first-order valence-corrected chi connectivity index (χ1v) is 5.04. The number of rotatable bonds is 4. The fourth-order valence-corrected chi connectivity index (χ4v) is 1.56. The molecule has 1 aliphatic rings. The average molecular weight is 276 g/mol. The minimum absolute atomic E-state index is 0.150. The Hall–Kier alpha value is -2.45. The molecule has 1 aliphatic heterocycles. The van der Waals surface area contributed by atoms with Crippen molar-refractivity contribution in [2.24, 2.45) is 11.3 Å². The maximum absolute atomic E-state index is 11.0. The van der Waals surface area contributed by atoms with Crippen LogP contribution in [0.4, 0.5) is 0 Å². The molecule has 1 unspecified atom stereocenters. The largest absolute Gasteiger partial charge is 0.481 e. The number of cyclic esters (lactones) is 2. The second kappa shape index (κ2) is 5.94. The van der Waals surface area contributed by atoms with Crippen molar-refractivity contribution in [3.8, 4) is 0 Å². The lowest BCUT2D eigenvalue weighted by atomic mass is 9.71. The van der Waals surface area contributed by atoms with Crippen LogP contribution in [0.25, 0.3) is 0 Å². The van der Waals surface area contributed by atoms with Crippen molar-refractivity contribution < 1.29 is 44.0 Å². The lowest BCUT2D eigenvalue weighted by molar-refractivity contribution is -0.210. The summed E-state index contributed by atoms with van der Waals surface area (Å²) in [6, 6.07) is 0. The molecular formula is C10H12O9. The van der Waals surface area contributed by atoms with Crippen molar-refractivity contribution in [1.82, 2.24) is 0 Å². The number of hydrogen-bond acceptors (Lipinski definition) is 6. The van der Waals surface area contributed by atoms with Gasteiger partial charge in [-0.25, -0.2) is 9.59 Å². The average Bonchev–Trinajstić information content (AvgIpc) is 2.23. The van der Waals surface area contributed by atoms with E-state index in [1.165, 1.54) is 6.92 Å². The lowest BCUT2D eigenvalue weighted by Gasteiger charge is -2.35. The molecule has 1 atom stereocenters. The number of carbonyl (C=O) groups excluding carboxylic acids is 2. The summed E-state index contributed by atoms with van der Waals surface area (Å²) in [6.07, 6.45) is -0.150. The van der Waals surface area contributed by atoms with Crippen molar-refractivity contribution in [2.45, 2.75) is 20.3 Å². The molecule has 0 bridgehead atoms. The molecule has 0 spiro atoms. The third-order valence-corrected chi connectivity index (χ3v) is 2.40. The van der Waals surface area contributed by atoms with Gasteiger partial charge in [-0.1, -0.05) is 6.92 Å². The van der Waals surface area contributed by atoms with Crippen LogP contribution in [0.5, 0.6) is 0 Å². The molecule has 0 aromatic heterocycles. The van der Waals surface area contributed by atoms with Crippen LogP contribution in [0.15, 0.2) is 0 Å². The van der Waals surface area contributed by atoms with Crippen molar-refractivity contribution in [2.75, 3.05) is 0 Å². The highest BCUT2D eigenvalue weighted by molar-refractivity contribution is 6.29. The third-order valence-electron chi connectivity index (χ3n) is 2.40. The Balaban J connectivity index is 0.000000711. The first-order valence-electron chi connectivity index (χ1n) is 5.04. The molecular weight excluding hydrogens is 264 g/mol. The van der Waals surface area contributed by atoms with E-state index in [9.17, 15) is 19.2 Å². The smallest absolute Gasteiger partial charge is 0.343 e. The standard InChI is InChI=1S/C8H8O7.C2H4O2/c1-2-3(4(9)10)8(5(11)12)6(13)15-7(8)14;1-2(3)4/h3H,2H2,1H3,(H,9,10)(H,11,12);1H3,(H,3,4). The van der Waals surface area contributed by atoms with Crippen LogP contribution < -0.4 is 0 Å². The third kappa shape index (κ3) is 2.87. The predicted octanol–water partition coefficient (Wildman–Crippen LogP) is -0.658. The van der Waals surface area contributed by atoms with Crippen LogP contribution in [-0.4, -0.2) is 45.2 Å². The molecule has 106 valence electrons. The molecule has 0 aliphatic carbocycles. The van der Waals surface area contributed by atoms with Gasteiger partial charge in [0.05, 0.1) is 5.92 Å². The first-order chi connectivity index (χ1) is 8.62. The first kappa shape index (κ1) is 16.6. The number of carbonyl (C=O) groups is 5. The molecule has 3 N–H and O–H groups in total. The zero-order valence-electron chi connectivity index (χ0n) is 10.1. The maximum atomic E-state index is 11.0.